The third-order valence-electron chi connectivity index (χ3n) is 4.77. The summed E-state index contributed by atoms with van der Waals surface area (Å²) in [5.41, 5.74) is 0. The second-order valence-corrected chi connectivity index (χ2v) is 10.2. The standard InChI is InChI=1S/C20H42O5S2/c1-2-3-4-5-6-7-8-9-10-11-12-13-14-15-16-17-19-26(21)20-18-25-27(22,23)24/h2-20H2,1H3,(H,22,23,24). The number of rotatable bonds is 21. The Balaban J connectivity index is 3.16. The van der Waals surface area contributed by atoms with Crippen molar-refractivity contribution in [2.75, 3.05) is 18.1 Å². The molecule has 1 unspecified atom stereocenters. The van der Waals surface area contributed by atoms with Gasteiger partial charge in [-0.1, -0.05) is 108 Å². The zero-order valence-corrected chi connectivity index (χ0v) is 19.0. The van der Waals surface area contributed by atoms with Crippen molar-refractivity contribution in [2.24, 2.45) is 0 Å². The molecule has 0 spiro atoms. The zero-order chi connectivity index (χ0) is 20.2. The van der Waals surface area contributed by atoms with Gasteiger partial charge in [0.1, 0.15) is 18.1 Å². The van der Waals surface area contributed by atoms with Crippen molar-refractivity contribution in [1.82, 2.24) is 0 Å². The van der Waals surface area contributed by atoms with Crippen molar-refractivity contribution in [2.45, 2.75) is 110 Å². The molecule has 0 rings (SSSR count). The highest BCUT2D eigenvalue weighted by atomic mass is 32.3. The number of hydrogen-bond donors (Lipinski definition) is 1. The van der Waals surface area contributed by atoms with Crippen molar-refractivity contribution < 1.29 is 21.7 Å². The van der Waals surface area contributed by atoms with E-state index in [9.17, 15) is 13.0 Å². The molecule has 0 saturated carbocycles. The molecule has 7 heteroatoms. The maximum absolute atomic E-state index is 11.6. The van der Waals surface area contributed by atoms with Crippen LogP contribution in [0.5, 0.6) is 0 Å². The SMILES string of the molecule is CCCCCCCCCCCCCCCCCC[S+]([O-])CCOS(=O)(=O)O. The second-order valence-electron chi connectivity index (χ2n) is 7.40. The fraction of sp³-hybridized carbons (Fsp3) is 1.00. The van der Waals surface area contributed by atoms with Crippen molar-refractivity contribution in [3.8, 4) is 0 Å². The third kappa shape index (κ3) is 24.1. The summed E-state index contributed by atoms with van der Waals surface area (Å²) in [4.78, 5) is 0. The first-order valence-corrected chi connectivity index (χ1v) is 13.8. The zero-order valence-electron chi connectivity index (χ0n) is 17.3. The molecular formula is C20H42O5S2. The Morgan fingerprint density at radius 3 is 1.44 bits per heavy atom. The van der Waals surface area contributed by atoms with Crippen LogP contribution in [0.25, 0.3) is 0 Å². The molecule has 0 aliphatic rings. The Kier molecular flexibility index (Phi) is 19.6. The van der Waals surface area contributed by atoms with Gasteiger partial charge in [0.2, 0.25) is 0 Å². The Morgan fingerprint density at radius 1 is 0.704 bits per heavy atom. The van der Waals surface area contributed by atoms with Gasteiger partial charge in [0.15, 0.2) is 0 Å². The van der Waals surface area contributed by atoms with Crippen LogP contribution >= 0.6 is 0 Å². The van der Waals surface area contributed by atoms with E-state index in [-0.39, 0.29) is 12.4 Å². The lowest BCUT2D eigenvalue weighted by Gasteiger charge is -2.10. The van der Waals surface area contributed by atoms with Gasteiger partial charge >= 0.3 is 10.4 Å². The smallest absolute Gasteiger partial charge is 0.397 e. The number of hydrogen-bond acceptors (Lipinski definition) is 4. The Bertz CT molecular complexity index is 401. The van der Waals surface area contributed by atoms with Crippen LogP contribution in [-0.2, 0) is 25.8 Å². The Hall–Kier alpha value is 0.180. The van der Waals surface area contributed by atoms with Crippen LogP contribution in [0.1, 0.15) is 110 Å². The summed E-state index contributed by atoms with van der Waals surface area (Å²) in [5, 5.41) is 0. The first-order chi connectivity index (χ1) is 13.0. The van der Waals surface area contributed by atoms with E-state index in [0.29, 0.717) is 5.75 Å². The molecule has 0 radical (unpaired) electrons. The molecule has 0 amide bonds. The fourth-order valence-electron chi connectivity index (χ4n) is 3.15. The summed E-state index contributed by atoms with van der Waals surface area (Å²) < 4.78 is 44.9. The first-order valence-electron chi connectivity index (χ1n) is 10.9. The van der Waals surface area contributed by atoms with Crippen molar-refractivity contribution in [1.29, 1.82) is 0 Å². The van der Waals surface area contributed by atoms with Crippen LogP contribution < -0.4 is 0 Å². The summed E-state index contributed by atoms with van der Waals surface area (Å²) in [6.07, 6.45) is 20.9. The highest BCUT2D eigenvalue weighted by molar-refractivity contribution is 7.91. The molecule has 164 valence electrons. The lowest BCUT2D eigenvalue weighted by Crippen LogP contribution is -2.17. The molecule has 0 fully saturated rings. The Morgan fingerprint density at radius 2 is 1.07 bits per heavy atom. The van der Waals surface area contributed by atoms with Gasteiger partial charge < -0.3 is 4.55 Å². The van der Waals surface area contributed by atoms with Gasteiger partial charge in [0.05, 0.1) is 0 Å². The normalized spacial score (nSPS) is 13.1. The predicted molar refractivity (Wildman–Crippen MR) is 115 cm³/mol. The predicted octanol–water partition coefficient (Wildman–Crippen LogP) is 5.82. The molecule has 1 atom stereocenters. The number of unbranched alkanes of at least 4 members (excludes halogenated alkanes) is 15. The molecule has 0 aliphatic carbocycles. The van der Waals surface area contributed by atoms with E-state index in [1.807, 2.05) is 0 Å². The molecule has 0 heterocycles. The Labute approximate surface area is 171 Å². The van der Waals surface area contributed by atoms with Crippen LogP contribution in [0.2, 0.25) is 0 Å². The first kappa shape index (κ1) is 27.2. The molecule has 0 saturated heterocycles. The molecule has 0 aromatic rings. The molecule has 0 aromatic carbocycles. The molecule has 27 heavy (non-hydrogen) atoms. The maximum Gasteiger partial charge on any atom is 0.397 e. The molecule has 1 N–H and O–H groups in total. The topological polar surface area (TPSA) is 86.7 Å². The maximum atomic E-state index is 11.6. The summed E-state index contributed by atoms with van der Waals surface area (Å²) in [6, 6.07) is 0. The summed E-state index contributed by atoms with van der Waals surface area (Å²) >= 11 is -1.07. The van der Waals surface area contributed by atoms with Gasteiger partial charge in [-0.3, -0.25) is 4.55 Å². The van der Waals surface area contributed by atoms with E-state index in [1.54, 1.807) is 0 Å². The molecular weight excluding hydrogens is 384 g/mol. The van der Waals surface area contributed by atoms with E-state index < -0.39 is 21.6 Å². The van der Waals surface area contributed by atoms with Crippen molar-refractivity contribution >= 4 is 21.6 Å². The van der Waals surface area contributed by atoms with Crippen LogP contribution in [-0.4, -0.2) is 35.6 Å². The van der Waals surface area contributed by atoms with Gasteiger partial charge in [0, 0.05) is 0 Å². The van der Waals surface area contributed by atoms with Crippen molar-refractivity contribution in [3.05, 3.63) is 0 Å². The highest BCUT2D eigenvalue weighted by Gasteiger charge is 2.10. The average molecular weight is 427 g/mol. The minimum Gasteiger partial charge on any atom is -0.616 e. The van der Waals surface area contributed by atoms with E-state index in [2.05, 4.69) is 11.1 Å². The minimum atomic E-state index is -4.41. The lowest BCUT2D eigenvalue weighted by molar-refractivity contribution is 0.284. The molecule has 5 nitrogen and oxygen atoms in total. The lowest BCUT2D eigenvalue weighted by atomic mass is 10.0. The molecule has 0 bridgehead atoms. The van der Waals surface area contributed by atoms with Crippen LogP contribution in [0, 0.1) is 0 Å². The quantitative estimate of drug-likeness (QED) is 0.142. The van der Waals surface area contributed by atoms with Gasteiger partial charge in [-0.05, 0) is 12.8 Å². The van der Waals surface area contributed by atoms with Crippen molar-refractivity contribution in [3.63, 3.8) is 0 Å². The molecule has 0 aliphatic heterocycles. The van der Waals surface area contributed by atoms with E-state index in [0.717, 1.165) is 12.8 Å². The van der Waals surface area contributed by atoms with E-state index in [4.69, 9.17) is 4.55 Å². The van der Waals surface area contributed by atoms with Gasteiger partial charge in [0.25, 0.3) is 0 Å². The van der Waals surface area contributed by atoms with Gasteiger partial charge in [-0.2, -0.15) is 8.42 Å². The van der Waals surface area contributed by atoms with E-state index >= 15 is 0 Å². The third-order valence-corrected chi connectivity index (χ3v) is 6.60. The van der Waals surface area contributed by atoms with Crippen LogP contribution in [0.4, 0.5) is 0 Å². The van der Waals surface area contributed by atoms with E-state index in [1.165, 1.54) is 89.9 Å². The summed E-state index contributed by atoms with van der Waals surface area (Å²) in [7, 11) is -4.41. The van der Waals surface area contributed by atoms with Crippen LogP contribution in [0.15, 0.2) is 0 Å². The largest absolute Gasteiger partial charge is 0.616 e. The monoisotopic (exact) mass is 426 g/mol. The molecule has 0 aromatic heterocycles. The van der Waals surface area contributed by atoms with Crippen LogP contribution in [0.3, 0.4) is 0 Å². The van der Waals surface area contributed by atoms with Gasteiger partial charge in [-0.25, -0.2) is 4.18 Å². The van der Waals surface area contributed by atoms with Gasteiger partial charge in [-0.15, -0.1) is 0 Å². The second kappa shape index (κ2) is 19.5. The fourth-order valence-corrected chi connectivity index (χ4v) is 4.54. The summed E-state index contributed by atoms with van der Waals surface area (Å²) in [6.45, 7) is 2.04. The average Bonchev–Trinajstić information content (AvgIpc) is 2.60. The minimum absolute atomic E-state index is 0.151. The summed E-state index contributed by atoms with van der Waals surface area (Å²) in [5.74, 6) is 0.728. The highest BCUT2D eigenvalue weighted by Crippen LogP contribution is 2.14.